The number of benzene rings is 2. The Labute approximate surface area is 171 Å². The molecular formula is C25H25ClO2. The molecule has 0 aliphatic heterocycles. The Balaban J connectivity index is 1.70. The molecule has 2 aromatic rings. The van der Waals surface area contributed by atoms with Gasteiger partial charge in [0, 0.05) is 10.8 Å². The number of phenolic OH excluding ortho intramolecular Hbond substituents is 1. The molecule has 2 N–H and O–H groups in total. The average Bonchev–Trinajstić information content (AvgIpc) is 2.69. The Bertz CT molecular complexity index is 940. The molecule has 0 saturated heterocycles. The first-order valence-electron chi connectivity index (χ1n) is 9.94. The third kappa shape index (κ3) is 3.58. The van der Waals surface area contributed by atoms with Crippen LogP contribution < -0.4 is 0 Å². The van der Waals surface area contributed by atoms with Gasteiger partial charge in [-0.15, -0.1) is 0 Å². The fourth-order valence-electron chi connectivity index (χ4n) is 5.22. The first-order chi connectivity index (χ1) is 13.5. The van der Waals surface area contributed by atoms with Crippen molar-refractivity contribution in [3.05, 3.63) is 71.3 Å². The predicted octanol–water partition coefficient (Wildman–Crippen LogP) is 5.41. The van der Waals surface area contributed by atoms with E-state index in [4.69, 9.17) is 11.6 Å². The molecule has 0 bridgehead atoms. The summed E-state index contributed by atoms with van der Waals surface area (Å²) in [5.41, 5.74) is 2.72. The number of halogens is 1. The van der Waals surface area contributed by atoms with Crippen LogP contribution in [0.2, 0.25) is 0 Å². The number of hydrogen-bond donors (Lipinski definition) is 2. The molecule has 0 aromatic heterocycles. The highest BCUT2D eigenvalue weighted by Gasteiger charge is 2.50. The van der Waals surface area contributed by atoms with Crippen molar-refractivity contribution in [3.63, 3.8) is 0 Å². The molecule has 0 amide bonds. The number of aryl methyl sites for hydroxylation is 1. The molecule has 4 rings (SSSR count). The van der Waals surface area contributed by atoms with Gasteiger partial charge in [0.05, 0.1) is 0 Å². The van der Waals surface area contributed by atoms with Gasteiger partial charge >= 0.3 is 0 Å². The third-order valence-corrected chi connectivity index (χ3v) is 6.70. The summed E-state index contributed by atoms with van der Waals surface area (Å²) in [6.45, 7) is 0. The van der Waals surface area contributed by atoms with Crippen molar-refractivity contribution in [3.8, 4) is 17.0 Å². The van der Waals surface area contributed by atoms with E-state index in [9.17, 15) is 10.2 Å². The first-order valence-corrected chi connectivity index (χ1v) is 10.3. The average molecular weight is 393 g/mol. The Morgan fingerprint density at radius 2 is 1.96 bits per heavy atom. The standard InChI is InChI=1S/C25H25ClO2/c26-16-15-24(28)13-14-25(12-4-7-19-5-2-1-3-6-19)21(18-24)9-8-20-17-22(27)10-11-23(20)25/h1-7,10-11,17,21,27-28H,8-9,12-14,18H2/b7-4+/t21-,24+,25-/m1/s1. The number of hydrogen-bond acceptors (Lipinski definition) is 2. The Morgan fingerprint density at radius 3 is 2.75 bits per heavy atom. The molecule has 1 fully saturated rings. The maximum absolute atomic E-state index is 10.9. The number of aromatic hydroxyl groups is 1. The molecule has 2 aromatic carbocycles. The molecule has 144 valence electrons. The van der Waals surface area contributed by atoms with E-state index in [0.29, 0.717) is 24.5 Å². The van der Waals surface area contributed by atoms with E-state index in [-0.39, 0.29) is 5.41 Å². The molecule has 0 spiro atoms. The normalized spacial score (nSPS) is 28.9. The largest absolute Gasteiger partial charge is 0.508 e. The van der Waals surface area contributed by atoms with Crippen molar-refractivity contribution in [1.82, 2.24) is 0 Å². The van der Waals surface area contributed by atoms with Crippen molar-refractivity contribution in [2.45, 2.75) is 49.5 Å². The van der Waals surface area contributed by atoms with Gasteiger partial charge in [0.25, 0.3) is 0 Å². The van der Waals surface area contributed by atoms with Gasteiger partial charge in [-0.1, -0.05) is 54.5 Å². The Morgan fingerprint density at radius 1 is 1.14 bits per heavy atom. The van der Waals surface area contributed by atoms with Crippen LogP contribution in [-0.2, 0) is 11.8 Å². The molecule has 3 atom stereocenters. The van der Waals surface area contributed by atoms with Gasteiger partial charge in [-0.3, -0.25) is 0 Å². The van der Waals surface area contributed by atoms with E-state index < -0.39 is 5.60 Å². The summed E-state index contributed by atoms with van der Waals surface area (Å²) in [6.07, 6.45) is 9.38. The lowest BCUT2D eigenvalue weighted by Crippen LogP contribution is -2.49. The molecule has 2 aliphatic carbocycles. The molecule has 0 heterocycles. The van der Waals surface area contributed by atoms with Crippen LogP contribution in [0.4, 0.5) is 0 Å². The van der Waals surface area contributed by atoms with Gasteiger partial charge in [-0.05, 0) is 84.9 Å². The van der Waals surface area contributed by atoms with Crippen molar-refractivity contribution in [2.24, 2.45) is 5.92 Å². The SMILES string of the molecule is Oc1ccc2c(c1)CC[C@@H]1C[C@@](O)(C#CCl)CC[C@@]21C/C=C/c1ccccc1. The van der Waals surface area contributed by atoms with Gasteiger partial charge in [0.2, 0.25) is 0 Å². The van der Waals surface area contributed by atoms with E-state index in [1.807, 2.05) is 24.3 Å². The molecule has 28 heavy (non-hydrogen) atoms. The zero-order valence-corrected chi connectivity index (χ0v) is 16.6. The summed E-state index contributed by atoms with van der Waals surface area (Å²) < 4.78 is 0. The minimum Gasteiger partial charge on any atom is -0.508 e. The van der Waals surface area contributed by atoms with E-state index in [2.05, 4.69) is 41.7 Å². The second kappa shape index (κ2) is 7.66. The highest BCUT2D eigenvalue weighted by atomic mass is 35.5. The molecule has 2 nitrogen and oxygen atoms in total. The van der Waals surface area contributed by atoms with Crippen molar-refractivity contribution in [2.75, 3.05) is 0 Å². The summed E-state index contributed by atoms with van der Waals surface area (Å²) in [6, 6.07) is 16.1. The van der Waals surface area contributed by atoms with Crippen molar-refractivity contribution < 1.29 is 10.2 Å². The minimum absolute atomic E-state index is 0.0349. The van der Waals surface area contributed by atoms with E-state index in [0.717, 1.165) is 25.7 Å². The maximum Gasteiger partial charge on any atom is 0.127 e. The number of allylic oxidation sites excluding steroid dienone is 1. The topological polar surface area (TPSA) is 40.5 Å². The quantitative estimate of drug-likeness (QED) is 0.685. The monoisotopic (exact) mass is 392 g/mol. The summed E-state index contributed by atoms with van der Waals surface area (Å²) in [7, 11) is 0. The maximum atomic E-state index is 10.9. The molecule has 1 saturated carbocycles. The fourth-order valence-corrected chi connectivity index (χ4v) is 5.40. The van der Waals surface area contributed by atoms with Gasteiger partial charge in [-0.2, -0.15) is 0 Å². The number of aliphatic hydroxyl groups is 1. The van der Waals surface area contributed by atoms with Gasteiger partial charge < -0.3 is 10.2 Å². The number of rotatable bonds is 3. The van der Waals surface area contributed by atoms with Crippen LogP contribution in [0.1, 0.15) is 48.8 Å². The number of phenols is 1. The Kier molecular flexibility index (Phi) is 5.23. The van der Waals surface area contributed by atoms with Crippen LogP contribution in [0.25, 0.3) is 6.08 Å². The minimum atomic E-state index is -0.993. The molecule has 0 unspecified atom stereocenters. The second-order valence-electron chi connectivity index (χ2n) is 8.21. The van der Waals surface area contributed by atoms with Crippen LogP contribution >= 0.6 is 11.6 Å². The summed E-state index contributed by atoms with van der Waals surface area (Å²) in [5, 5.41) is 23.3. The van der Waals surface area contributed by atoms with Crippen LogP contribution in [0.5, 0.6) is 5.75 Å². The summed E-state index contributed by atoms with van der Waals surface area (Å²) >= 11 is 5.62. The zero-order chi connectivity index (χ0) is 19.6. The van der Waals surface area contributed by atoms with E-state index in [1.165, 1.54) is 16.7 Å². The van der Waals surface area contributed by atoms with Crippen LogP contribution in [0.3, 0.4) is 0 Å². The second-order valence-corrected chi connectivity index (χ2v) is 8.39. The summed E-state index contributed by atoms with van der Waals surface area (Å²) in [5.74, 6) is 3.50. The van der Waals surface area contributed by atoms with Crippen LogP contribution in [-0.4, -0.2) is 15.8 Å². The molecule has 0 radical (unpaired) electrons. The van der Waals surface area contributed by atoms with Crippen LogP contribution in [0, 0.1) is 17.2 Å². The lowest BCUT2D eigenvalue weighted by atomic mass is 9.53. The smallest absolute Gasteiger partial charge is 0.127 e. The third-order valence-electron chi connectivity index (χ3n) is 6.61. The summed E-state index contributed by atoms with van der Waals surface area (Å²) in [4.78, 5) is 0. The zero-order valence-electron chi connectivity index (χ0n) is 15.9. The van der Waals surface area contributed by atoms with Crippen LogP contribution in [0.15, 0.2) is 54.6 Å². The van der Waals surface area contributed by atoms with E-state index in [1.54, 1.807) is 6.07 Å². The van der Waals surface area contributed by atoms with Gasteiger partial charge in [-0.25, -0.2) is 0 Å². The predicted molar refractivity (Wildman–Crippen MR) is 114 cm³/mol. The highest BCUT2D eigenvalue weighted by molar-refractivity contribution is 6.30. The number of fused-ring (bicyclic) bond motifs is 3. The lowest BCUT2D eigenvalue weighted by molar-refractivity contribution is -0.00710. The van der Waals surface area contributed by atoms with Crippen molar-refractivity contribution >= 4 is 17.7 Å². The van der Waals surface area contributed by atoms with Gasteiger partial charge in [0.15, 0.2) is 0 Å². The van der Waals surface area contributed by atoms with Crippen molar-refractivity contribution in [1.29, 1.82) is 0 Å². The van der Waals surface area contributed by atoms with Gasteiger partial charge in [0.1, 0.15) is 11.4 Å². The molecular weight excluding hydrogens is 368 g/mol. The first kappa shape index (κ1) is 19.1. The fraction of sp³-hybridized carbons (Fsp3) is 0.360. The highest BCUT2D eigenvalue weighted by Crippen LogP contribution is 2.55. The molecule has 3 heteroatoms. The van der Waals surface area contributed by atoms with E-state index >= 15 is 0 Å². The molecule has 2 aliphatic rings. The Hall–Kier alpha value is -2.21. The lowest BCUT2D eigenvalue weighted by Gasteiger charge is -2.52.